The summed E-state index contributed by atoms with van der Waals surface area (Å²) in [6.45, 7) is 4.46. The number of benzene rings is 1. The highest BCUT2D eigenvalue weighted by Gasteiger charge is 2.15. The van der Waals surface area contributed by atoms with Gasteiger partial charge in [0.05, 0.1) is 16.8 Å². The smallest absolute Gasteiger partial charge is 0.261 e. The van der Waals surface area contributed by atoms with Crippen molar-refractivity contribution in [3.63, 3.8) is 0 Å². The molecule has 2 rings (SSSR count). The van der Waals surface area contributed by atoms with E-state index in [4.69, 9.17) is 5.73 Å². The summed E-state index contributed by atoms with van der Waals surface area (Å²) in [5.74, 6) is 0. The molecule has 1 atom stereocenters. The number of rotatable bonds is 5. The Balaban J connectivity index is 2.21. The maximum atomic E-state index is 12.2. The lowest BCUT2D eigenvalue weighted by molar-refractivity contribution is 0.601. The monoisotopic (exact) mass is 294 g/mol. The predicted molar refractivity (Wildman–Crippen MR) is 77.8 cm³/mol. The SMILES string of the molecule is CCn1cc(NS(=O)(=O)c2ccc(C(C)N)cc2)cn1. The number of sulfonamides is 1. The Morgan fingerprint density at radius 1 is 1.35 bits per heavy atom. The van der Waals surface area contributed by atoms with Crippen LogP contribution >= 0.6 is 0 Å². The second-order valence-corrected chi connectivity index (χ2v) is 6.23. The predicted octanol–water partition coefficient (Wildman–Crippen LogP) is 1.72. The molecule has 0 amide bonds. The van der Waals surface area contributed by atoms with Gasteiger partial charge in [0.1, 0.15) is 0 Å². The first-order valence-corrected chi connectivity index (χ1v) is 7.81. The molecular weight excluding hydrogens is 276 g/mol. The summed E-state index contributed by atoms with van der Waals surface area (Å²) in [5, 5.41) is 4.02. The summed E-state index contributed by atoms with van der Waals surface area (Å²) < 4.78 is 28.5. The lowest BCUT2D eigenvalue weighted by atomic mass is 10.1. The largest absolute Gasteiger partial charge is 0.324 e. The number of nitrogens with two attached hydrogens (primary N) is 1. The summed E-state index contributed by atoms with van der Waals surface area (Å²) in [7, 11) is -3.59. The molecule has 0 saturated carbocycles. The molecular formula is C13H18N4O2S. The Bertz CT molecular complexity index is 675. The quantitative estimate of drug-likeness (QED) is 0.878. The number of aryl methyl sites for hydroxylation is 1. The molecule has 2 aromatic rings. The van der Waals surface area contributed by atoms with Crippen LogP contribution in [0.25, 0.3) is 0 Å². The second-order valence-electron chi connectivity index (χ2n) is 4.55. The maximum Gasteiger partial charge on any atom is 0.261 e. The van der Waals surface area contributed by atoms with E-state index in [0.717, 1.165) is 5.56 Å². The Kier molecular flexibility index (Phi) is 4.10. The number of nitrogens with one attached hydrogen (secondary N) is 1. The van der Waals surface area contributed by atoms with Crippen LogP contribution in [0.5, 0.6) is 0 Å². The molecule has 0 fully saturated rings. The zero-order valence-corrected chi connectivity index (χ0v) is 12.3. The number of hydrogen-bond acceptors (Lipinski definition) is 4. The standard InChI is InChI=1S/C13H18N4O2S/c1-3-17-9-12(8-15-17)16-20(18,19)13-6-4-11(5-7-13)10(2)14/h4-10,16H,3,14H2,1-2H3. The third-order valence-electron chi connectivity index (χ3n) is 2.93. The van der Waals surface area contributed by atoms with Crippen molar-refractivity contribution in [3.8, 4) is 0 Å². The van der Waals surface area contributed by atoms with E-state index in [1.54, 1.807) is 35.1 Å². The van der Waals surface area contributed by atoms with E-state index in [2.05, 4.69) is 9.82 Å². The van der Waals surface area contributed by atoms with Crippen LogP contribution in [0.15, 0.2) is 41.6 Å². The highest BCUT2D eigenvalue weighted by Crippen LogP contribution is 2.18. The van der Waals surface area contributed by atoms with Gasteiger partial charge in [-0.05, 0) is 31.5 Å². The first-order valence-electron chi connectivity index (χ1n) is 6.33. The van der Waals surface area contributed by atoms with Crippen LogP contribution < -0.4 is 10.5 Å². The molecule has 108 valence electrons. The van der Waals surface area contributed by atoms with Crippen LogP contribution in [0.1, 0.15) is 25.5 Å². The number of aromatic nitrogens is 2. The van der Waals surface area contributed by atoms with E-state index in [-0.39, 0.29) is 10.9 Å². The molecule has 1 unspecified atom stereocenters. The molecule has 0 saturated heterocycles. The van der Waals surface area contributed by atoms with E-state index in [9.17, 15) is 8.42 Å². The van der Waals surface area contributed by atoms with Gasteiger partial charge in [0.25, 0.3) is 10.0 Å². The molecule has 0 aliphatic rings. The van der Waals surface area contributed by atoms with Gasteiger partial charge < -0.3 is 5.73 Å². The van der Waals surface area contributed by atoms with Crippen molar-refractivity contribution < 1.29 is 8.42 Å². The van der Waals surface area contributed by atoms with Crippen molar-refractivity contribution >= 4 is 15.7 Å². The number of nitrogens with zero attached hydrogens (tertiary/aromatic N) is 2. The third kappa shape index (κ3) is 3.17. The average molecular weight is 294 g/mol. The fourth-order valence-corrected chi connectivity index (χ4v) is 2.78. The van der Waals surface area contributed by atoms with Gasteiger partial charge in [-0.1, -0.05) is 12.1 Å². The van der Waals surface area contributed by atoms with E-state index in [0.29, 0.717) is 12.2 Å². The highest BCUT2D eigenvalue weighted by molar-refractivity contribution is 7.92. The fourth-order valence-electron chi connectivity index (χ4n) is 1.75. The zero-order chi connectivity index (χ0) is 14.8. The molecule has 0 aliphatic heterocycles. The summed E-state index contributed by atoms with van der Waals surface area (Å²) in [4.78, 5) is 0.200. The van der Waals surface area contributed by atoms with E-state index < -0.39 is 10.0 Å². The number of hydrogen-bond donors (Lipinski definition) is 2. The summed E-state index contributed by atoms with van der Waals surface area (Å²) >= 11 is 0. The minimum absolute atomic E-state index is 0.123. The molecule has 1 heterocycles. The topological polar surface area (TPSA) is 90.0 Å². The van der Waals surface area contributed by atoms with E-state index >= 15 is 0 Å². The molecule has 3 N–H and O–H groups in total. The van der Waals surface area contributed by atoms with Crippen molar-refractivity contribution in [3.05, 3.63) is 42.2 Å². The Hall–Kier alpha value is -1.86. The second kappa shape index (κ2) is 5.64. The van der Waals surface area contributed by atoms with Gasteiger partial charge >= 0.3 is 0 Å². The van der Waals surface area contributed by atoms with Crippen LogP contribution in [0, 0.1) is 0 Å². The van der Waals surface area contributed by atoms with Gasteiger partial charge in [-0.3, -0.25) is 9.40 Å². The summed E-state index contributed by atoms with van der Waals surface area (Å²) in [6, 6.07) is 6.41. The van der Waals surface area contributed by atoms with Crippen molar-refractivity contribution in [1.29, 1.82) is 0 Å². The van der Waals surface area contributed by atoms with Crippen molar-refractivity contribution in [2.75, 3.05) is 4.72 Å². The minimum Gasteiger partial charge on any atom is -0.324 e. The third-order valence-corrected chi connectivity index (χ3v) is 4.32. The van der Waals surface area contributed by atoms with E-state index in [1.165, 1.54) is 6.20 Å². The molecule has 1 aromatic carbocycles. The zero-order valence-electron chi connectivity index (χ0n) is 11.4. The van der Waals surface area contributed by atoms with Crippen LogP contribution in [-0.4, -0.2) is 18.2 Å². The molecule has 6 nitrogen and oxygen atoms in total. The molecule has 0 bridgehead atoms. The molecule has 1 aromatic heterocycles. The first-order chi connectivity index (χ1) is 9.42. The molecule has 7 heteroatoms. The lowest BCUT2D eigenvalue weighted by Crippen LogP contribution is -2.13. The normalized spacial score (nSPS) is 13.2. The van der Waals surface area contributed by atoms with Gasteiger partial charge in [0, 0.05) is 18.8 Å². The van der Waals surface area contributed by atoms with Crippen LogP contribution in [0.3, 0.4) is 0 Å². The lowest BCUT2D eigenvalue weighted by Gasteiger charge is -2.08. The Labute approximate surface area is 118 Å². The van der Waals surface area contributed by atoms with Crippen molar-refractivity contribution in [1.82, 2.24) is 9.78 Å². The molecule has 0 aliphatic carbocycles. The van der Waals surface area contributed by atoms with Gasteiger partial charge in [-0.2, -0.15) is 5.10 Å². The Morgan fingerprint density at radius 2 is 2.00 bits per heavy atom. The minimum atomic E-state index is -3.59. The van der Waals surface area contributed by atoms with Crippen LogP contribution in [-0.2, 0) is 16.6 Å². The van der Waals surface area contributed by atoms with E-state index in [1.807, 2.05) is 13.8 Å². The first kappa shape index (κ1) is 14.5. The van der Waals surface area contributed by atoms with Gasteiger partial charge in [-0.25, -0.2) is 8.42 Å². The maximum absolute atomic E-state index is 12.2. The van der Waals surface area contributed by atoms with Gasteiger partial charge in [0.2, 0.25) is 0 Å². The van der Waals surface area contributed by atoms with Crippen molar-refractivity contribution in [2.24, 2.45) is 5.73 Å². The van der Waals surface area contributed by atoms with Crippen LogP contribution in [0.2, 0.25) is 0 Å². The molecule has 0 radical (unpaired) electrons. The van der Waals surface area contributed by atoms with Crippen LogP contribution in [0.4, 0.5) is 5.69 Å². The molecule has 20 heavy (non-hydrogen) atoms. The van der Waals surface area contributed by atoms with Gasteiger partial charge in [-0.15, -0.1) is 0 Å². The van der Waals surface area contributed by atoms with Gasteiger partial charge in [0.15, 0.2) is 0 Å². The fraction of sp³-hybridized carbons (Fsp3) is 0.308. The van der Waals surface area contributed by atoms with Crippen molar-refractivity contribution in [2.45, 2.75) is 31.3 Å². The summed E-state index contributed by atoms with van der Waals surface area (Å²) in [5.41, 5.74) is 7.08. The highest BCUT2D eigenvalue weighted by atomic mass is 32.2. The molecule has 0 spiro atoms. The average Bonchev–Trinajstić information content (AvgIpc) is 2.85. The Morgan fingerprint density at radius 3 is 2.50 bits per heavy atom. The summed E-state index contributed by atoms with van der Waals surface area (Å²) in [6.07, 6.45) is 3.13. The number of anilines is 1.